The fourth-order valence-electron chi connectivity index (χ4n) is 0.708. The Hall–Kier alpha value is -1.72. The van der Waals surface area contributed by atoms with Crippen molar-refractivity contribution in [2.75, 3.05) is 12.4 Å². The summed E-state index contributed by atoms with van der Waals surface area (Å²) in [7, 11) is 1.63. The van der Waals surface area contributed by atoms with Crippen molar-refractivity contribution in [2.24, 2.45) is 0 Å². The van der Waals surface area contributed by atoms with Gasteiger partial charge in [-0.05, 0) is 6.92 Å². The minimum Gasteiger partial charge on any atom is -0.357 e. The van der Waals surface area contributed by atoms with Crippen LogP contribution in [0.15, 0.2) is 0 Å². The summed E-state index contributed by atoms with van der Waals surface area (Å²) in [5, 5.41) is 13.0. The monoisotopic (exact) mass is 167 g/mol. The van der Waals surface area contributed by atoms with Gasteiger partial charge in [-0.1, -0.05) is 0 Å². The molecule has 0 spiro atoms. The van der Waals surface area contributed by atoms with Crippen molar-refractivity contribution < 1.29 is 4.92 Å². The lowest BCUT2D eigenvalue weighted by atomic mass is 10.4. The first kappa shape index (κ1) is 8.38. The molecule has 0 aromatic carbocycles. The number of aryl methyl sites for hydroxylation is 1. The van der Waals surface area contributed by atoms with Crippen molar-refractivity contribution in [1.29, 1.82) is 0 Å². The van der Waals surface area contributed by atoms with Crippen LogP contribution in [0.3, 0.4) is 0 Å². The van der Waals surface area contributed by atoms with Gasteiger partial charge in [0.2, 0.25) is 5.95 Å². The largest absolute Gasteiger partial charge is 0.357 e. The summed E-state index contributed by atoms with van der Waals surface area (Å²) in [6, 6.07) is 0. The molecule has 0 aliphatic heterocycles. The molecule has 63 valence electrons. The number of aromatic nitrogens is 2. The normalized spacial score (nSPS) is 9.50. The molecule has 0 amide bonds. The zero-order chi connectivity index (χ0) is 9.14. The highest BCUT2D eigenvalue weighted by molar-refractivity contribution is 5.35. The summed E-state index contributed by atoms with van der Waals surface area (Å²) >= 11 is 0. The standard InChI is InChI=1S/C6H7N4O2/c1-4-5(10(11)12)3-8-6(7-2)9-4/h1-2H3,(H,7,8,9). The van der Waals surface area contributed by atoms with Crippen LogP contribution in [-0.4, -0.2) is 21.9 Å². The predicted molar refractivity (Wildman–Crippen MR) is 41.8 cm³/mol. The number of anilines is 1. The zero-order valence-electron chi connectivity index (χ0n) is 6.66. The molecule has 1 radical (unpaired) electrons. The van der Waals surface area contributed by atoms with Gasteiger partial charge in [0.1, 0.15) is 5.69 Å². The van der Waals surface area contributed by atoms with E-state index in [-0.39, 0.29) is 5.69 Å². The van der Waals surface area contributed by atoms with Crippen LogP contribution in [0, 0.1) is 23.2 Å². The fraction of sp³-hybridized carbons (Fsp3) is 0.333. The molecule has 12 heavy (non-hydrogen) atoms. The lowest BCUT2D eigenvalue weighted by Crippen LogP contribution is -2.01. The molecule has 0 bridgehead atoms. The van der Waals surface area contributed by atoms with Gasteiger partial charge in [0.25, 0.3) is 0 Å². The van der Waals surface area contributed by atoms with E-state index in [0.717, 1.165) is 0 Å². The molecule has 0 aliphatic carbocycles. The number of nitrogens with one attached hydrogen (secondary N) is 1. The summed E-state index contributed by atoms with van der Waals surface area (Å²) in [4.78, 5) is 17.1. The summed E-state index contributed by atoms with van der Waals surface area (Å²) in [6.45, 7) is 1.54. The van der Waals surface area contributed by atoms with Gasteiger partial charge in [0.15, 0.2) is 6.20 Å². The van der Waals surface area contributed by atoms with E-state index in [1.54, 1.807) is 7.05 Å². The Bertz CT molecular complexity index is 312. The average molecular weight is 167 g/mol. The lowest BCUT2D eigenvalue weighted by molar-refractivity contribution is -0.386. The van der Waals surface area contributed by atoms with E-state index < -0.39 is 4.92 Å². The van der Waals surface area contributed by atoms with E-state index in [1.807, 2.05) is 0 Å². The van der Waals surface area contributed by atoms with Gasteiger partial charge in [-0.2, -0.15) is 0 Å². The predicted octanol–water partition coefficient (Wildman–Crippen LogP) is 0.535. The minimum atomic E-state index is -0.561. The van der Waals surface area contributed by atoms with Crippen LogP contribution in [0.4, 0.5) is 11.6 Å². The highest BCUT2D eigenvalue weighted by atomic mass is 16.6. The SMILES string of the molecule is CNc1n[c]c([N+](=O)[O-])c(C)n1. The summed E-state index contributed by atoms with van der Waals surface area (Å²) in [5.74, 6) is 0.332. The third kappa shape index (κ3) is 1.47. The van der Waals surface area contributed by atoms with Crippen molar-refractivity contribution in [2.45, 2.75) is 6.92 Å². The van der Waals surface area contributed by atoms with Crippen molar-refractivity contribution >= 4 is 11.6 Å². The average Bonchev–Trinajstić information content (AvgIpc) is 2.03. The van der Waals surface area contributed by atoms with Crippen LogP contribution in [-0.2, 0) is 0 Å². The smallest absolute Gasteiger partial charge is 0.318 e. The molecule has 0 fully saturated rings. The molecule has 1 heterocycles. The van der Waals surface area contributed by atoms with Gasteiger partial charge < -0.3 is 5.32 Å². The Labute approximate surface area is 68.8 Å². The Kier molecular flexibility index (Phi) is 2.18. The van der Waals surface area contributed by atoms with Gasteiger partial charge in [0.05, 0.1) is 4.92 Å². The van der Waals surface area contributed by atoms with Gasteiger partial charge in [-0.15, -0.1) is 0 Å². The van der Waals surface area contributed by atoms with E-state index in [1.165, 1.54) is 6.92 Å². The quantitative estimate of drug-likeness (QED) is 0.513. The second-order valence-electron chi connectivity index (χ2n) is 2.10. The van der Waals surface area contributed by atoms with E-state index in [2.05, 4.69) is 21.5 Å². The van der Waals surface area contributed by atoms with Crippen LogP contribution in [0.5, 0.6) is 0 Å². The van der Waals surface area contributed by atoms with Crippen LogP contribution in [0.25, 0.3) is 0 Å². The summed E-state index contributed by atoms with van der Waals surface area (Å²) in [5.41, 5.74) is 0.119. The van der Waals surface area contributed by atoms with Gasteiger partial charge in [-0.25, -0.2) is 9.97 Å². The van der Waals surface area contributed by atoms with E-state index in [0.29, 0.717) is 11.6 Å². The zero-order valence-corrected chi connectivity index (χ0v) is 6.66. The first-order valence-electron chi connectivity index (χ1n) is 3.23. The first-order chi connectivity index (χ1) is 5.65. The van der Waals surface area contributed by atoms with Crippen LogP contribution < -0.4 is 5.32 Å². The van der Waals surface area contributed by atoms with Gasteiger partial charge >= 0.3 is 5.69 Å². The highest BCUT2D eigenvalue weighted by Crippen LogP contribution is 2.13. The van der Waals surface area contributed by atoms with Crippen LogP contribution >= 0.6 is 0 Å². The molecular formula is C6H7N4O2. The number of hydrogen-bond donors (Lipinski definition) is 1. The third-order valence-corrected chi connectivity index (χ3v) is 1.29. The van der Waals surface area contributed by atoms with E-state index in [4.69, 9.17) is 0 Å². The fourth-order valence-corrected chi connectivity index (χ4v) is 0.708. The van der Waals surface area contributed by atoms with Gasteiger partial charge in [-0.3, -0.25) is 10.1 Å². The van der Waals surface area contributed by atoms with Crippen molar-refractivity contribution in [3.63, 3.8) is 0 Å². The molecular weight excluding hydrogens is 160 g/mol. The maximum absolute atomic E-state index is 10.3. The highest BCUT2D eigenvalue weighted by Gasteiger charge is 2.12. The molecule has 1 aromatic rings. The van der Waals surface area contributed by atoms with Crippen molar-refractivity contribution in [1.82, 2.24) is 9.97 Å². The third-order valence-electron chi connectivity index (χ3n) is 1.29. The maximum Gasteiger partial charge on any atom is 0.318 e. The molecule has 0 saturated carbocycles. The first-order valence-corrected chi connectivity index (χ1v) is 3.23. The van der Waals surface area contributed by atoms with E-state index >= 15 is 0 Å². The second-order valence-corrected chi connectivity index (χ2v) is 2.10. The Morgan fingerprint density at radius 2 is 2.33 bits per heavy atom. The molecule has 0 aliphatic rings. The van der Waals surface area contributed by atoms with Crippen LogP contribution in [0.2, 0.25) is 0 Å². The summed E-state index contributed by atoms with van der Waals surface area (Å²) < 4.78 is 0. The Morgan fingerprint density at radius 1 is 1.67 bits per heavy atom. The van der Waals surface area contributed by atoms with Crippen molar-refractivity contribution in [3.8, 4) is 0 Å². The van der Waals surface area contributed by atoms with E-state index in [9.17, 15) is 10.1 Å². The molecule has 6 nitrogen and oxygen atoms in total. The molecule has 6 heteroatoms. The minimum absolute atomic E-state index is 0.186. The molecule has 1 rings (SSSR count). The number of hydrogen-bond acceptors (Lipinski definition) is 5. The second kappa shape index (κ2) is 3.12. The summed E-state index contributed by atoms with van der Waals surface area (Å²) in [6.07, 6.45) is 2.28. The molecule has 1 N–H and O–H groups in total. The van der Waals surface area contributed by atoms with Gasteiger partial charge in [0, 0.05) is 7.05 Å². The lowest BCUT2D eigenvalue weighted by Gasteiger charge is -1.98. The molecule has 0 saturated heterocycles. The molecule has 0 atom stereocenters. The number of rotatable bonds is 2. The van der Waals surface area contributed by atoms with Crippen LogP contribution in [0.1, 0.15) is 5.69 Å². The topological polar surface area (TPSA) is 81.0 Å². The molecule has 1 aromatic heterocycles. The number of nitrogens with zero attached hydrogens (tertiary/aromatic N) is 3. The molecule has 0 unspecified atom stereocenters. The maximum atomic E-state index is 10.3. The Balaban J connectivity index is 3.12. The van der Waals surface area contributed by atoms with Crippen molar-refractivity contribution in [3.05, 3.63) is 22.0 Å². The Morgan fingerprint density at radius 3 is 2.75 bits per heavy atom. The number of nitro groups is 1.